The third-order valence-corrected chi connectivity index (χ3v) is 5.35. The van der Waals surface area contributed by atoms with Crippen LogP contribution in [-0.4, -0.2) is 31.5 Å². The number of carbonyl (C=O) groups excluding carboxylic acids is 1. The molecule has 0 aliphatic heterocycles. The molecule has 1 atom stereocenters. The van der Waals surface area contributed by atoms with E-state index in [2.05, 4.69) is 5.32 Å². The summed E-state index contributed by atoms with van der Waals surface area (Å²) in [5.74, 6) is -0.471. The van der Waals surface area contributed by atoms with Crippen LogP contribution < -0.4 is 9.62 Å². The number of nitrogens with zero attached hydrogens (tertiary/aromatic N) is 2. The van der Waals surface area contributed by atoms with Gasteiger partial charge in [-0.15, -0.1) is 0 Å². The van der Waals surface area contributed by atoms with E-state index in [-0.39, 0.29) is 24.3 Å². The number of benzene rings is 2. The molecule has 0 radical (unpaired) electrons. The third-order valence-electron chi connectivity index (χ3n) is 4.17. The lowest BCUT2D eigenvalue weighted by Gasteiger charge is -2.30. The highest BCUT2D eigenvalue weighted by molar-refractivity contribution is 7.92. The van der Waals surface area contributed by atoms with Crippen LogP contribution >= 0.6 is 0 Å². The Labute approximate surface area is 164 Å². The van der Waals surface area contributed by atoms with Gasteiger partial charge in [0.1, 0.15) is 6.04 Å². The SMILES string of the molecule is CCC(C(=O)NCc1cccc(C)c1)N(c1cccc([N+](=O)[O-])c1)S(C)(=O)=O. The molecule has 9 heteroatoms. The van der Waals surface area contributed by atoms with E-state index in [0.717, 1.165) is 27.8 Å². The number of non-ortho nitro benzene ring substituents is 1. The Morgan fingerprint density at radius 2 is 1.89 bits per heavy atom. The highest BCUT2D eigenvalue weighted by atomic mass is 32.2. The van der Waals surface area contributed by atoms with Crippen molar-refractivity contribution < 1.29 is 18.1 Å². The summed E-state index contributed by atoms with van der Waals surface area (Å²) in [6.45, 7) is 3.88. The van der Waals surface area contributed by atoms with E-state index < -0.39 is 26.9 Å². The maximum atomic E-state index is 12.8. The standard InChI is InChI=1S/C19H23N3O5S/c1-4-18(19(23)20-13-15-8-5-7-14(2)11-15)21(28(3,26)27)16-9-6-10-17(12-16)22(24)25/h5-12,18H,4,13H2,1-3H3,(H,20,23). The molecule has 2 aromatic carbocycles. The van der Waals surface area contributed by atoms with Crippen molar-refractivity contribution in [1.29, 1.82) is 0 Å². The first kappa shape index (κ1) is 21.4. The van der Waals surface area contributed by atoms with E-state index in [0.29, 0.717) is 0 Å². The highest BCUT2D eigenvalue weighted by Gasteiger charge is 2.32. The number of hydrogen-bond acceptors (Lipinski definition) is 5. The van der Waals surface area contributed by atoms with Crippen LogP contribution in [0.2, 0.25) is 0 Å². The Morgan fingerprint density at radius 1 is 1.21 bits per heavy atom. The number of rotatable bonds is 8. The van der Waals surface area contributed by atoms with Gasteiger partial charge in [-0.3, -0.25) is 19.2 Å². The summed E-state index contributed by atoms with van der Waals surface area (Å²) >= 11 is 0. The fraction of sp³-hybridized carbons (Fsp3) is 0.316. The van der Waals surface area contributed by atoms with Crippen LogP contribution in [0.3, 0.4) is 0 Å². The van der Waals surface area contributed by atoms with Gasteiger partial charge in [0.2, 0.25) is 15.9 Å². The van der Waals surface area contributed by atoms with Crippen molar-refractivity contribution >= 4 is 27.3 Å². The predicted octanol–water partition coefficient (Wildman–Crippen LogP) is 2.76. The van der Waals surface area contributed by atoms with Crippen molar-refractivity contribution in [3.05, 3.63) is 69.8 Å². The molecule has 0 bridgehead atoms. The first-order chi connectivity index (χ1) is 13.1. The molecule has 0 heterocycles. The van der Waals surface area contributed by atoms with E-state index in [1.54, 1.807) is 6.92 Å². The van der Waals surface area contributed by atoms with E-state index >= 15 is 0 Å². The largest absolute Gasteiger partial charge is 0.350 e. The Hall–Kier alpha value is -2.94. The summed E-state index contributed by atoms with van der Waals surface area (Å²) in [5.41, 5.74) is 1.77. The van der Waals surface area contributed by atoms with Crippen LogP contribution in [0, 0.1) is 17.0 Å². The van der Waals surface area contributed by atoms with Gasteiger partial charge in [-0.1, -0.05) is 42.8 Å². The van der Waals surface area contributed by atoms with Crippen molar-refractivity contribution in [2.75, 3.05) is 10.6 Å². The topological polar surface area (TPSA) is 110 Å². The van der Waals surface area contributed by atoms with E-state index in [1.165, 1.54) is 18.2 Å². The minimum Gasteiger partial charge on any atom is -0.350 e. The minimum absolute atomic E-state index is 0.0780. The number of hydrogen-bond donors (Lipinski definition) is 1. The molecule has 1 amide bonds. The van der Waals surface area contributed by atoms with Gasteiger partial charge in [-0.2, -0.15) is 0 Å². The molecule has 150 valence electrons. The zero-order valence-corrected chi connectivity index (χ0v) is 16.8. The van der Waals surface area contributed by atoms with Crippen LogP contribution in [0.15, 0.2) is 48.5 Å². The van der Waals surface area contributed by atoms with Gasteiger partial charge < -0.3 is 5.32 Å². The Balaban J connectivity index is 2.31. The summed E-state index contributed by atoms with van der Waals surface area (Å²) in [6, 6.07) is 11.8. The summed E-state index contributed by atoms with van der Waals surface area (Å²) in [7, 11) is -3.86. The molecule has 0 aromatic heterocycles. The second-order valence-electron chi connectivity index (χ2n) is 6.47. The number of sulfonamides is 1. The molecule has 0 aliphatic carbocycles. The average Bonchev–Trinajstić information content (AvgIpc) is 2.63. The first-order valence-corrected chi connectivity index (χ1v) is 10.6. The zero-order chi connectivity index (χ0) is 20.9. The molecule has 2 aromatic rings. The van der Waals surface area contributed by atoms with E-state index in [1.807, 2.05) is 31.2 Å². The summed E-state index contributed by atoms with van der Waals surface area (Å²) < 4.78 is 25.8. The van der Waals surface area contributed by atoms with Gasteiger partial charge in [0.25, 0.3) is 5.69 Å². The highest BCUT2D eigenvalue weighted by Crippen LogP contribution is 2.26. The Bertz CT molecular complexity index is 975. The van der Waals surface area contributed by atoms with Gasteiger partial charge in [0.15, 0.2) is 0 Å². The zero-order valence-electron chi connectivity index (χ0n) is 16.0. The third kappa shape index (κ3) is 5.29. The minimum atomic E-state index is -3.86. The van der Waals surface area contributed by atoms with Crippen molar-refractivity contribution in [3.63, 3.8) is 0 Å². The molecule has 8 nitrogen and oxygen atoms in total. The normalized spacial score (nSPS) is 12.2. The molecule has 0 saturated heterocycles. The number of carbonyl (C=O) groups is 1. The van der Waals surface area contributed by atoms with Gasteiger partial charge in [-0.25, -0.2) is 8.42 Å². The van der Waals surface area contributed by atoms with Gasteiger partial charge in [0.05, 0.1) is 16.9 Å². The van der Waals surface area contributed by atoms with Crippen molar-refractivity contribution in [1.82, 2.24) is 5.32 Å². The fourth-order valence-electron chi connectivity index (χ4n) is 2.93. The molecule has 0 fully saturated rings. The molecular weight excluding hydrogens is 382 g/mol. The monoisotopic (exact) mass is 405 g/mol. The lowest BCUT2D eigenvalue weighted by molar-refractivity contribution is -0.384. The Kier molecular flexibility index (Phi) is 6.74. The summed E-state index contributed by atoms with van der Waals surface area (Å²) in [6.07, 6.45) is 1.18. The van der Waals surface area contributed by atoms with Crippen LogP contribution in [0.25, 0.3) is 0 Å². The van der Waals surface area contributed by atoms with Gasteiger partial charge >= 0.3 is 0 Å². The van der Waals surface area contributed by atoms with Crippen LogP contribution in [0.4, 0.5) is 11.4 Å². The van der Waals surface area contributed by atoms with Crippen LogP contribution in [-0.2, 0) is 21.4 Å². The van der Waals surface area contributed by atoms with Gasteiger partial charge in [-0.05, 0) is 25.0 Å². The molecule has 28 heavy (non-hydrogen) atoms. The second kappa shape index (κ2) is 8.83. The number of anilines is 1. The maximum absolute atomic E-state index is 12.8. The number of nitrogens with one attached hydrogen (secondary N) is 1. The molecule has 0 saturated carbocycles. The quantitative estimate of drug-likeness (QED) is 0.536. The second-order valence-corrected chi connectivity index (χ2v) is 8.33. The molecule has 1 unspecified atom stereocenters. The van der Waals surface area contributed by atoms with Crippen molar-refractivity contribution in [2.45, 2.75) is 32.9 Å². The van der Waals surface area contributed by atoms with Crippen LogP contribution in [0.5, 0.6) is 0 Å². The first-order valence-electron chi connectivity index (χ1n) is 8.70. The number of nitro benzene ring substituents is 1. The summed E-state index contributed by atoms with van der Waals surface area (Å²) in [4.78, 5) is 23.2. The van der Waals surface area contributed by atoms with Crippen molar-refractivity contribution in [3.8, 4) is 0 Å². The van der Waals surface area contributed by atoms with Gasteiger partial charge in [0, 0.05) is 18.7 Å². The lowest BCUT2D eigenvalue weighted by atomic mass is 10.1. The Morgan fingerprint density at radius 3 is 2.46 bits per heavy atom. The van der Waals surface area contributed by atoms with Crippen LogP contribution in [0.1, 0.15) is 24.5 Å². The lowest BCUT2D eigenvalue weighted by Crippen LogP contribution is -2.49. The molecule has 2 rings (SSSR count). The molecular formula is C19H23N3O5S. The molecule has 1 N–H and O–H groups in total. The van der Waals surface area contributed by atoms with E-state index in [9.17, 15) is 23.3 Å². The fourth-order valence-corrected chi connectivity index (χ4v) is 4.14. The van der Waals surface area contributed by atoms with Crippen molar-refractivity contribution in [2.24, 2.45) is 0 Å². The molecule has 0 aliphatic rings. The average molecular weight is 405 g/mol. The smallest absolute Gasteiger partial charge is 0.271 e. The number of amides is 1. The number of aryl methyl sites for hydroxylation is 1. The van der Waals surface area contributed by atoms with E-state index in [4.69, 9.17) is 0 Å². The summed E-state index contributed by atoms with van der Waals surface area (Å²) in [5, 5.41) is 13.8. The number of nitro groups is 1. The maximum Gasteiger partial charge on any atom is 0.271 e. The molecule has 0 spiro atoms. The predicted molar refractivity (Wildman–Crippen MR) is 108 cm³/mol.